The molecule has 1 heterocycles. The Morgan fingerprint density at radius 1 is 0.818 bits per heavy atom. The minimum atomic E-state index is -1.17. The number of hydrogen-bond donors (Lipinski definition) is 1. The van der Waals surface area contributed by atoms with Crippen LogP contribution in [0.5, 0.6) is 5.75 Å². The van der Waals surface area contributed by atoms with E-state index in [-0.39, 0.29) is 22.5 Å². The number of nitrogens with zero attached hydrogens (tertiary/aromatic N) is 1. The van der Waals surface area contributed by atoms with Gasteiger partial charge in [-0.15, -0.1) is 0 Å². The number of hydrogen-bond acceptors (Lipinski definition) is 4. The molecular weight excluding hydrogens is 440 g/mol. The van der Waals surface area contributed by atoms with E-state index >= 15 is 0 Å². The maximum absolute atomic E-state index is 14.4. The molecule has 33 heavy (non-hydrogen) atoms. The Morgan fingerprint density at radius 2 is 1.52 bits per heavy atom. The Balaban J connectivity index is 1.83. The molecule has 5 nitrogen and oxygen atoms in total. The van der Waals surface area contributed by atoms with Crippen LogP contribution in [-0.4, -0.2) is 18.4 Å². The van der Waals surface area contributed by atoms with Gasteiger partial charge in [-0.2, -0.15) is 0 Å². The smallest absolute Gasteiger partial charge is 0.282 e. The molecule has 1 N–H and O–H groups in total. The maximum atomic E-state index is 14.4. The van der Waals surface area contributed by atoms with Gasteiger partial charge in [-0.25, -0.2) is 22.5 Å². The van der Waals surface area contributed by atoms with Gasteiger partial charge in [0.1, 0.15) is 23.1 Å². The molecule has 168 valence electrons. The van der Waals surface area contributed by atoms with Gasteiger partial charge < -0.3 is 10.1 Å². The molecule has 0 bridgehead atoms. The lowest BCUT2D eigenvalue weighted by Gasteiger charge is -2.16. The molecule has 2 amide bonds. The molecule has 0 saturated heterocycles. The first-order valence-corrected chi connectivity index (χ1v) is 9.83. The van der Waals surface area contributed by atoms with E-state index in [9.17, 15) is 27.2 Å². The molecule has 1 aliphatic heterocycles. The van der Waals surface area contributed by atoms with Gasteiger partial charge in [-0.1, -0.05) is 12.1 Å². The zero-order chi connectivity index (χ0) is 23.7. The Hall–Kier alpha value is -4.14. The van der Waals surface area contributed by atoms with E-state index in [0.29, 0.717) is 17.3 Å². The molecular formula is C24H16F4N2O3. The van der Waals surface area contributed by atoms with Crippen LogP contribution < -0.4 is 15.0 Å². The van der Waals surface area contributed by atoms with Crippen molar-refractivity contribution in [2.75, 3.05) is 16.8 Å². The number of imide groups is 1. The molecule has 0 spiro atoms. The van der Waals surface area contributed by atoms with Crippen molar-refractivity contribution in [3.8, 4) is 5.75 Å². The molecule has 1 aliphatic rings. The van der Waals surface area contributed by atoms with Crippen LogP contribution in [0.3, 0.4) is 0 Å². The van der Waals surface area contributed by atoms with E-state index < -0.39 is 40.8 Å². The summed E-state index contributed by atoms with van der Waals surface area (Å²) >= 11 is 0. The Kier molecular flexibility index (Phi) is 5.87. The van der Waals surface area contributed by atoms with Crippen LogP contribution in [0.25, 0.3) is 5.57 Å². The highest BCUT2D eigenvalue weighted by Gasteiger charge is 2.41. The van der Waals surface area contributed by atoms with Crippen molar-refractivity contribution >= 4 is 28.8 Å². The van der Waals surface area contributed by atoms with E-state index in [0.717, 1.165) is 30.3 Å². The second kappa shape index (κ2) is 8.78. The van der Waals surface area contributed by atoms with Crippen LogP contribution >= 0.6 is 0 Å². The SMILES string of the molecule is CCOc1ccc(C2=C(Nc3ccc(F)c(F)c3)C(=O)N(c3cc(F)ccc3F)C2=O)cc1. The summed E-state index contributed by atoms with van der Waals surface area (Å²) in [5.41, 5.74) is -0.776. The molecule has 3 aromatic rings. The number of halogens is 4. The lowest BCUT2D eigenvalue weighted by molar-refractivity contribution is -0.120. The fourth-order valence-corrected chi connectivity index (χ4v) is 3.39. The summed E-state index contributed by atoms with van der Waals surface area (Å²) in [6, 6.07) is 11.4. The van der Waals surface area contributed by atoms with Crippen molar-refractivity contribution < 1.29 is 31.9 Å². The standard InChI is InChI=1S/C24H16F4N2O3/c1-2-33-16-7-3-13(4-8-16)21-22(29-15-6-10-17(26)19(28)12-15)24(32)30(23(21)31)20-11-14(25)5-9-18(20)27/h3-12,29H,2H2,1H3. The first-order chi connectivity index (χ1) is 15.8. The van der Waals surface area contributed by atoms with E-state index in [1.54, 1.807) is 19.1 Å². The minimum Gasteiger partial charge on any atom is -0.494 e. The average molecular weight is 456 g/mol. The number of rotatable bonds is 6. The largest absolute Gasteiger partial charge is 0.494 e. The quantitative estimate of drug-likeness (QED) is 0.417. The van der Waals surface area contributed by atoms with Crippen LogP contribution in [0.1, 0.15) is 12.5 Å². The Labute approximate surface area is 185 Å². The van der Waals surface area contributed by atoms with Crippen LogP contribution in [0.4, 0.5) is 28.9 Å². The average Bonchev–Trinajstić information content (AvgIpc) is 3.03. The van der Waals surface area contributed by atoms with Gasteiger partial charge in [0.2, 0.25) is 0 Å². The predicted octanol–water partition coefficient (Wildman–Crippen LogP) is 5.04. The molecule has 0 unspecified atom stereocenters. The number of benzene rings is 3. The summed E-state index contributed by atoms with van der Waals surface area (Å²) < 4.78 is 60.6. The predicted molar refractivity (Wildman–Crippen MR) is 113 cm³/mol. The number of carbonyl (C=O) groups excluding carboxylic acids is 2. The third-order valence-corrected chi connectivity index (χ3v) is 4.88. The summed E-state index contributed by atoms with van der Waals surface area (Å²) in [4.78, 5) is 27.0. The number of ether oxygens (including phenoxy) is 1. The van der Waals surface area contributed by atoms with Gasteiger partial charge in [0.05, 0.1) is 17.9 Å². The molecule has 9 heteroatoms. The van der Waals surface area contributed by atoms with Crippen LogP contribution in [0, 0.1) is 23.3 Å². The van der Waals surface area contributed by atoms with E-state index in [1.165, 1.54) is 18.2 Å². The lowest BCUT2D eigenvalue weighted by atomic mass is 10.0. The summed E-state index contributed by atoms with van der Waals surface area (Å²) in [5, 5.41) is 2.62. The zero-order valence-corrected chi connectivity index (χ0v) is 17.2. The molecule has 3 aromatic carbocycles. The Morgan fingerprint density at radius 3 is 2.18 bits per heavy atom. The zero-order valence-electron chi connectivity index (χ0n) is 17.2. The van der Waals surface area contributed by atoms with Crippen LogP contribution in [-0.2, 0) is 9.59 Å². The highest BCUT2D eigenvalue weighted by molar-refractivity contribution is 6.46. The lowest BCUT2D eigenvalue weighted by Crippen LogP contribution is -2.33. The third-order valence-electron chi connectivity index (χ3n) is 4.88. The molecule has 0 aliphatic carbocycles. The normalized spacial score (nSPS) is 13.7. The second-order valence-electron chi connectivity index (χ2n) is 7.00. The van der Waals surface area contributed by atoms with Gasteiger partial charge in [-0.05, 0) is 48.9 Å². The molecule has 0 atom stereocenters. The molecule has 0 saturated carbocycles. The van der Waals surface area contributed by atoms with Crippen molar-refractivity contribution in [3.63, 3.8) is 0 Å². The summed E-state index contributed by atoms with van der Waals surface area (Å²) in [6.45, 7) is 2.21. The van der Waals surface area contributed by atoms with Crippen molar-refractivity contribution in [2.45, 2.75) is 6.92 Å². The van der Waals surface area contributed by atoms with Gasteiger partial charge in [0.25, 0.3) is 11.8 Å². The molecule has 0 aromatic heterocycles. The van der Waals surface area contributed by atoms with E-state index in [2.05, 4.69) is 5.32 Å². The summed E-state index contributed by atoms with van der Waals surface area (Å²) in [7, 11) is 0. The second-order valence-corrected chi connectivity index (χ2v) is 7.00. The first-order valence-electron chi connectivity index (χ1n) is 9.83. The van der Waals surface area contributed by atoms with Crippen molar-refractivity contribution in [1.82, 2.24) is 0 Å². The van der Waals surface area contributed by atoms with E-state index in [4.69, 9.17) is 4.74 Å². The van der Waals surface area contributed by atoms with Crippen LogP contribution in [0.15, 0.2) is 66.4 Å². The molecule has 0 fully saturated rings. The fraction of sp³-hybridized carbons (Fsp3) is 0.0833. The van der Waals surface area contributed by atoms with Crippen LogP contribution in [0.2, 0.25) is 0 Å². The van der Waals surface area contributed by atoms with Crippen molar-refractivity contribution in [3.05, 3.63) is 95.2 Å². The number of amides is 2. The third kappa shape index (κ3) is 4.17. The summed E-state index contributed by atoms with van der Waals surface area (Å²) in [5.74, 6) is -5.50. The monoisotopic (exact) mass is 456 g/mol. The highest BCUT2D eigenvalue weighted by Crippen LogP contribution is 2.35. The maximum Gasteiger partial charge on any atom is 0.282 e. The van der Waals surface area contributed by atoms with Gasteiger partial charge in [0.15, 0.2) is 11.6 Å². The Bertz CT molecular complexity index is 1290. The number of nitrogens with one attached hydrogen (secondary N) is 1. The topological polar surface area (TPSA) is 58.6 Å². The van der Waals surface area contributed by atoms with Gasteiger partial charge in [0, 0.05) is 17.8 Å². The molecule has 0 radical (unpaired) electrons. The summed E-state index contributed by atoms with van der Waals surface area (Å²) in [6.07, 6.45) is 0. The van der Waals surface area contributed by atoms with Crippen molar-refractivity contribution in [1.29, 1.82) is 0 Å². The number of carbonyl (C=O) groups is 2. The first kappa shape index (κ1) is 22.1. The van der Waals surface area contributed by atoms with E-state index in [1.807, 2.05) is 0 Å². The number of anilines is 2. The fourth-order valence-electron chi connectivity index (χ4n) is 3.39. The highest BCUT2D eigenvalue weighted by atomic mass is 19.2. The van der Waals surface area contributed by atoms with Crippen molar-refractivity contribution in [2.24, 2.45) is 0 Å². The van der Waals surface area contributed by atoms with Gasteiger partial charge in [-0.3, -0.25) is 9.59 Å². The molecule has 4 rings (SSSR count). The minimum absolute atomic E-state index is 0.0185. The van der Waals surface area contributed by atoms with Gasteiger partial charge >= 0.3 is 0 Å².